The summed E-state index contributed by atoms with van der Waals surface area (Å²) in [5, 5.41) is 4.59. The number of carbonyl (C=O) groups is 2. The number of rotatable bonds is 4. The number of hydrogen-bond donors (Lipinski definition) is 1. The van der Waals surface area contributed by atoms with Crippen molar-refractivity contribution in [3.8, 4) is 11.4 Å². The number of amides is 2. The molecule has 7 nitrogen and oxygen atoms in total. The smallest absolute Gasteiger partial charge is 0.229 e. The van der Waals surface area contributed by atoms with Gasteiger partial charge in [-0.1, -0.05) is 12.1 Å². The topological polar surface area (TPSA) is 88.1 Å². The molecule has 30 heavy (non-hydrogen) atoms. The molecule has 0 bridgehead atoms. The average molecular weight is 401 g/mol. The van der Waals surface area contributed by atoms with Crippen LogP contribution in [0.2, 0.25) is 0 Å². The lowest BCUT2D eigenvalue weighted by atomic mass is 9.90. The van der Waals surface area contributed by atoms with Gasteiger partial charge in [0.15, 0.2) is 5.82 Å². The summed E-state index contributed by atoms with van der Waals surface area (Å²) >= 11 is 0. The number of carbonyl (C=O) groups excluding carboxylic acids is 2. The van der Waals surface area contributed by atoms with Gasteiger partial charge in [-0.15, -0.1) is 0 Å². The van der Waals surface area contributed by atoms with E-state index in [1.54, 1.807) is 12.4 Å². The summed E-state index contributed by atoms with van der Waals surface area (Å²) < 4.78 is 0. The highest BCUT2D eigenvalue weighted by atomic mass is 16.2. The van der Waals surface area contributed by atoms with Crippen LogP contribution in [-0.2, 0) is 9.59 Å². The van der Waals surface area contributed by atoms with Crippen LogP contribution in [0.1, 0.15) is 38.5 Å². The molecule has 3 heterocycles. The number of nitrogens with one attached hydrogen (secondary N) is 1. The summed E-state index contributed by atoms with van der Waals surface area (Å²) in [6.45, 7) is 0. The normalized spacial score (nSPS) is 21.9. The highest BCUT2D eigenvalue weighted by Gasteiger charge is 2.36. The van der Waals surface area contributed by atoms with Crippen molar-refractivity contribution in [1.82, 2.24) is 19.9 Å². The zero-order valence-corrected chi connectivity index (χ0v) is 16.6. The highest BCUT2D eigenvalue weighted by molar-refractivity contribution is 6.02. The molecule has 1 N–H and O–H groups in total. The summed E-state index contributed by atoms with van der Waals surface area (Å²) in [5.74, 6) is 1.43. The zero-order valence-electron chi connectivity index (χ0n) is 16.6. The van der Waals surface area contributed by atoms with Crippen LogP contribution in [0.5, 0.6) is 0 Å². The third kappa shape index (κ3) is 3.51. The minimum Gasteiger partial charge on any atom is -0.367 e. The molecule has 5 rings (SSSR count). The van der Waals surface area contributed by atoms with Crippen LogP contribution >= 0.6 is 0 Å². The Morgan fingerprint density at radius 3 is 2.40 bits per heavy atom. The van der Waals surface area contributed by atoms with E-state index in [9.17, 15) is 9.59 Å². The van der Waals surface area contributed by atoms with Gasteiger partial charge in [0, 0.05) is 48.3 Å². The van der Waals surface area contributed by atoms with E-state index in [1.807, 2.05) is 36.4 Å². The summed E-state index contributed by atoms with van der Waals surface area (Å²) in [6.07, 6.45) is 7.66. The lowest BCUT2D eigenvalue weighted by Gasteiger charge is -2.34. The SMILES string of the molecule is O=C1CCC(=O)N1C1CCC(Nc2nc(-c3cccnc3)nc3ccccc23)CC1. The fraction of sp³-hybridized carbons (Fsp3) is 0.348. The van der Waals surface area contributed by atoms with Crippen LogP contribution in [0.15, 0.2) is 48.8 Å². The summed E-state index contributed by atoms with van der Waals surface area (Å²) in [6, 6.07) is 12.1. The van der Waals surface area contributed by atoms with E-state index >= 15 is 0 Å². The van der Waals surface area contributed by atoms with Crippen LogP contribution in [0.25, 0.3) is 22.3 Å². The van der Waals surface area contributed by atoms with Gasteiger partial charge >= 0.3 is 0 Å². The molecule has 1 aliphatic carbocycles. The zero-order chi connectivity index (χ0) is 20.5. The van der Waals surface area contributed by atoms with Crippen LogP contribution in [0.3, 0.4) is 0 Å². The van der Waals surface area contributed by atoms with Crippen molar-refractivity contribution in [2.75, 3.05) is 5.32 Å². The molecule has 1 aliphatic heterocycles. The van der Waals surface area contributed by atoms with E-state index in [0.717, 1.165) is 48.0 Å². The van der Waals surface area contributed by atoms with Crippen LogP contribution < -0.4 is 5.32 Å². The molecule has 152 valence electrons. The fourth-order valence-electron chi connectivity index (χ4n) is 4.48. The van der Waals surface area contributed by atoms with Crippen LogP contribution in [0, 0.1) is 0 Å². The molecule has 2 fully saturated rings. The lowest BCUT2D eigenvalue weighted by molar-refractivity contribution is -0.141. The average Bonchev–Trinajstić information content (AvgIpc) is 3.13. The van der Waals surface area contributed by atoms with E-state index in [-0.39, 0.29) is 23.9 Å². The van der Waals surface area contributed by atoms with E-state index in [0.29, 0.717) is 18.7 Å². The second-order valence-corrected chi connectivity index (χ2v) is 7.96. The molecular formula is C23H23N5O2. The number of pyridine rings is 1. The molecule has 1 aromatic carbocycles. The quantitative estimate of drug-likeness (QED) is 0.673. The van der Waals surface area contributed by atoms with Gasteiger partial charge < -0.3 is 5.32 Å². The Balaban J connectivity index is 1.37. The van der Waals surface area contributed by atoms with Crippen LogP contribution in [-0.4, -0.2) is 43.7 Å². The predicted octanol–water partition coefficient (Wildman–Crippen LogP) is 3.56. The molecule has 0 atom stereocenters. The first-order valence-corrected chi connectivity index (χ1v) is 10.5. The number of fused-ring (bicyclic) bond motifs is 1. The molecule has 7 heteroatoms. The largest absolute Gasteiger partial charge is 0.367 e. The highest BCUT2D eigenvalue weighted by Crippen LogP contribution is 2.31. The summed E-state index contributed by atoms with van der Waals surface area (Å²) in [5.41, 5.74) is 1.76. The van der Waals surface area contributed by atoms with Gasteiger partial charge in [-0.05, 0) is 49.9 Å². The number of imide groups is 1. The van der Waals surface area contributed by atoms with E-state index in [4.69, 9.17) is 9.97 Å². The van der Waals surface area contributed by atoms with E-state index < -0.39 is 0 Å². The summed E-state index contributed by atoms with van der Waals surface area (Å²) in [7, 11) is 0. The second-order valence-electron chi connectivity index (χ2n) is 7.96. The monoisotopic (exact) mass is 401 g/mol. The Morgan fingerprint density at radius 1 is 0.900 bits per heavy atom. The van der Waals surface area contributed by atoms with Crippen molar-refractivity contribution >= 4 is 28.5 Å². The Hall–Kier alpha value is -3.35. The molecule has 0 spiro atoms. The lowest BCUT2D eigenvalue weighted by Crippen LogP contribution is -2.43. The Labute approximate surface area is 174 Å². The van der Waals surface area contributed by atoms with Gasteiger partial charge in [0.05, 0.1) is 5.52 Å². The minimum atomic E-state index is -0.0145. The maximum Gasteiger partial charge on any atom is 0.229 e. The van der Waals surface area contributed by atoms with Gasteiger partial charge in [0.2, 0.25) is 11.8 Å². The fourth-order valence-corrected chi connectivity index (χ4v) is 4.48. The maximum atomic E-state index is 12.0. The van der Waals surface area contributed by atoms with Gasteiger partial charge in [-0.3, -0.25) is 19.5 Å². The van der Waals surface area contributed by atoms with E-state index in [1.165, 1.54) is 4.90 Å². The van der Waals surface area contributed by atoms with Crippen molar-refractivity contribution in [3.05, 3.63) is 48.8 Å². The van der Waals surface area contributed by atoms with Gasteiger partial charge in [-0.2, -0.15) is 0 Å². The summed E-state index contributed by atoms with van der Waals surface area (Å²) in [4.78, 5) is 39.3. The Morgan fingerprint density at radius 2 is 1.67 bits per heavy atom. The van der Waals surface area contributed by atoms with Crippen molar-refractivity contribution in [2.24, 2.45) is 0 Å². The number of nitrogens with zero attached hydrogens (tertiary/aromatic N) is 4. The number of hydrogen-bond acceptors (Lipinski definition) is 6. The van der Waals surface area contributed by atoms with Crippen LogP contribution in [0.4, 0.5) is 5.82 Å². The number of benzene rings is 1. The predicted molar refractivity (Wildman–Crippen MR) is 114 cm³/mol. The van der Waals surface area contributed by atoms with E-state index in [2.05, 4.69) is 10.3 Å². The van der Waals surface area contributed by atoms with Gasteiger partial charge in [0.25, 0.3) is 0 Å². The maximum absolute atomic E-state index is 12.0. The number of anilines is 1. The molecule has 2 amide bonds. The van der Waals surface area contributed by atoms with Crippen molar-refractivity contribution in [3.63, 3.8) is 0 Å². The molecule has 1 saturated carbocycles. The molecular weight excluding hydrogens is 378 g/mol. The third-order valence-electron chi connectivity index (χ3n) is 6.02. The van der Waals surface area contributed by atoms with Crippen molar-refractivity contribution < 1.29 is 9.59 Å². The van der Waals surface area contributed by atoms with Gasteiger partial charge in [-0.25, -0.2) is 9.97 Å². The number of aromatic nitrogens is 3. The van der Waals surface area contributed by atoms with Gasteiger partial charge in [0.1, 0.15) is 5.82 Å². The Kier molecular flexibility index (Phi) is 4.86. The molecule has 1 saturated heterocycles. The Bertz CT molecular complexity index is 1080. The number of para-hydroxylation sites is 1. The molecule has 2 aromatic heterocycles. The first-order chi connectivity index (χ1) is 14.7. The molecule has 0 unspecified atom stereocenters. The first kappa shape index (κ1) is 18.7. The third-order valence-corrected chi connectivity index (χ3v) is 6.02. The van der Waals surface area contributed by atoms with Crippen molar-refractivity contribution in [1.29, 1.82) is 0 Å². The standard InChI is InChI=1S/C23H23N5O2/c29-20-11-12-21(30)28(20)17-9-7-16(8-10-17)25-23-18-5-1-2-6-19(18)26-22(27-23)15-4-3-13-24-14-15/h1-6,13-14,16-17H,7-12H2,(H,25,26,27). The molecule has 0 radical (unpaired) electrons. The minimum absolute atomic E-state index is 0.0145. The molecule has 2 aliphatic rings. The first-order valence-electron chi connectivity index (χ1n) is 10.5. The number of likely N-dealkylation sites (tertiary alicyclic amines) is 1. The van der Waals surface area contributed by atoms with Crippen molar-refractivity contribution in [2.45, 2.75) is 50.6 Å². The second kappa shape index (κ2) is 7.82. The molecule has 3 aromatic rings.